The topological polar surface area (TPSA) is 119 Å². The van der Waals surface area contributed by atoms with E-state index in [-0.39, 0.29) is 35.1 Å². The number of hydrogen-bond acceptors (Lipinski definition) is 8. The van der Waals surface area contributed by atoms with Crippen LogP contribution >= 0.6 is 11.3 Å². The second-order valence-corrected chi connectivity index (χ2v) is 10.3. The predicted octanol–water partition coefficient (Wildman–Crippen LogP) is 3.07. The summed E-state index contributed by atoms with van der Waals surface area (Å²) in [5, 5.41) is 11.6. The van der Waals surface area contributed by atoms with Crippen molar-refractivity contribution in [3.63, 3.8) is 0 Å². The molecule has 0 radical (unpaired) electrons. The molecule has 2 aromatic carbocycles. The molecular formula is C22H22N4O5S2. The van der Waals surface area contributed by atoms with Gasteiger partial charge in [0.1, 0.15) is 15.7 Å². The van der Waals surface area contributed by atoms with Crippen molar-refractivity contribution in [1.82, 2.24) is 14.5 Å². The van der Waals surface area contributed by atoms with E-state index in [1.807, 2.05) is 37.3 Å². The number of nitrogens with zero attached hydrogens (tertiary/aromatic N) is 3. The SMILES string of the molecule is CCc1nnc(NC(=O)c2ccc(OC)c(S(=O)(=O)N3CC(c4ccccc4)CC3=O)c2)s1. The Morgan fingerprint density at radius 2 is 1.97 bits per heavy atom. The number of ether oxygens (including phenoxy) is 1. The van der Waals surface area contributed by atoms with E-state index < -0.39 is 21.8 Å². The molecule has 4 rings (SSSR count). The average Bonchev–Trinajstić information content (AvgIpc) is 3.45. The van der Waals surface area contributed by atoms with Gasteiger partial charge in [-0.2, -0.15) is 0 Å². The maximum atomic E-state index is 13.4. The molecule has 1 N–H and O–H groups in total. The number of amides is 2. The van der Waals surface area contributed by atoms with Gasteiger partial charge in [-0.25, -0.2) is 12.7 Å². The average molecular weight is 487 g/mol. The standard InChI is InChI=1S/C22H22N4O5S2/c1-3-19-24-25-22(32-19)23-21(28)15-9-10-17(31-2)18(11-15)33(29,30)26-13-16(12-20(26)27)14-7-5-4-6-8-14/h4-11,16H,3,12-13H2,1-2H3,(H,23,25,28). The monoisotopic (exact) mass is 486 g/mol. The highest BCUT2D eigenvalue weighted by Gasteiger charge is 2.40. The summed E-state index contributed by atoms with van der Waals surface area (Å²) in [4.78, 5) is 25.2. The number of carbonyl (C=O) groups is 2. The summed E-state index contributed by atoms with van der Waals surface area (Å²) in [6, 6.07) is 13.4. The second-order valence-electron chi connectivity index (χ2n) is 7.42. The summed E-state index contributed by atoms with van der Waals surface area (Å²) in [7, 11) is -2.91. The Labute approximate surface area is 195 Å². The largest absolute Gasteiger partial charge is 0.495 e. The van der Waals surface area contributed by atoms with Gasteiger partial charge in [0.2, 0.25) is 11.0 Å². The van der Waals surface area contributed by atoms with Crippen LogP contribution in [0.3, 0.4) is 0 Å². The van der Waals surface area contributed by atoms with Crippen molar-refractivity contribution in [2.45, 2.75) is 30.6 Å². The molecule has 1 aliphatic heterocycles. The highest BCUT2D eigenvalue weighted by Crippen LogP contribution is 2.35. The number of hydrogen-bond donors (Lipinski definition) is 1. The van der Waals surface area contributed by atoms with Crippen molar-refractivity contribution in [3.05, 3.63) is 64.7 Å². The van der Waals surface area contributed by atoms with E-state index in [9.17, 15) is 18.0 Å². The zero-order valence-electron chi connectivity index (χ0n) is 18.0. The Morgan fingerprint density at radius 1 is 1.21 bits per heavy atom. The second kappa shape index (κ2) is 9.28. The molecule has 2 heterocycles. The quantitative estimate of drug-likeness (QED) is 0.545. The molecule has 9 nitrogen and oxygen atoms in total. The van der Waals surface area contributed by atoms with Crippen LogP contribution in [0.25, 0.3) is 0 Å². The van der Waals surface area contributed by atoms with E-state index in [1.54, 1.807) is 0 Å². The molecule has 0 bridgehead atoms. The third-order valence-corrected chi connectivity index (χ3v) is 8.13. The fourth-order valence-electron chi connectivity index (χ4n) is 3.61. The number of aryl methyl sites for hydroxylation is 1. The summed E-state index contributed by atoms with van der Waals surface area (Å²) < 4.78 is 33.0. The van der Waals surface area contributed by atoms with Gasteiger partial charge in [-0.3, -0.25) is 14.9 Å². The van der Waals surface area contributed by atoms with Crippen LogP contribution in [0.5, 0.6) is 5.75 Å². The maximum Gasteiger partial charge on any atom is 0.270 e. The Hall–Kier alpha value is -3.31. The Bertz CT molecular complexity index is 1290. The van der Waals surface area contributed by atoms with Crippen LogP contribution in [0.15, 0.2) is 53.4 Å². The van der Waals surface area contributed by atoms with Crippen molar-refractivity contribution in [1.29, 1.82) is 0 Å². The normalized spacial score (nSPS) is 16.1. The van der Waals surface area contributed by atoms with Crippen molar-refractivity contribution in [2.24, 2.45) is 0 Å². The Morgan fingerprint density at radius 3 is 2.64 bits per heavy atom. The molecule has 1 aromatic heterocycles. The van der Waals surface area contributed by atoms with Gasteiger partial charge < -0.3 is 4.74 Å². The van der Waals surface area contributed by atoms with Gasteiger partial charge in [0.25, 0.3) is 15.9 Å². The molecule has 172 valence electrons. The fraction of sp³-hybridized carbons (Fsp3) is 0.273. The highest BCUT2D eigenvalue weighted by molar-refractivity contribution is 7.89. The van der Waals surface area contributed by atoms with Crippen LogP contribution in [-0.4, -0.2) is 48.4 Å². The molecule has 33 heavy (non-hydrogen) atoms. The third kappa shape index (κ3) is 4.60. The molecule has 1 fully saturated rings. The third-order valence-electron chi connectivity index (χ3n) is 5.34. The van der Waals surface area contributed by atoms with Crippen LogP contribution < -0.4 is 10.1 Å². The summed E-state index contributed by atoms with van der Waals surface area (Å²) in [5.41, 5.74) is 0.987. The van der Waals surface area contributed by atoms with Gasteiger partial charge in [-0.15, -0.1) is 10.2 Å². The van der Waals surface area contributed by atoms with E-state index >= 15 is 0 Å². The number of methoxy groups -OCH3 is 1. The van der Waals surface area contributed by atoms with Crippen LogP contribution in [0.1, 0.15) is 40.2 Å². The summed E-state index contributed by atoms with van der Waals surface area (Å²) in [5.74, 6) is -1.23. The first-order valence-corrected chi connectivity index (χ1v) is 12.5. The number of aromatic nitrogens is 2. The lowest BCUT2D eigenvalue weighted by Gasteiger charge is -2.19. The first-order chi connectivity index (χ1) is 15.8. The van der Waals surface area contributed by atoms with E-state index in [2.05, 4.69) is 15.5 Å². The number of anilines is 1. The first-order valence-electron chi connectivity index (χ1n) is 10.3. The molecule has 0 aliphatic carbocycles. The zero-order chi connectivity index (χ0) is 23.6. The number of benzene rings is 2. The Balaban J connectivity index is 1.62. The minimum absolute atomic E-state index is 0.0232. The lowest BCUT2D eigenvalue weighted by Crippen LogP contribution is -2.32. The summed E-state index contributed by atoms with van der Waals surface area (Å²) in [6.07, 6.45) is 0.773. The van der Waals surface area contributed by atoms with Crippen molar-refractivity contribution in [3.8, 4) is 5.75 Å². The predicted molar refractivity (Wildman–Crippen MR) is 123 cm³/mol. The van der Waals surface area contributed by atoms with Gasteiger partial charge >= 0.3 is 0 Å². The van der Waals surface area contributed by atoms with Gasteiger partial charge in [0.05, 0.1) is 7.11 Å². The van der Waals surface area contributed by atoms with Crippen LogP contribution in [0, 0.1) is 0 Å². The first kappa shape index (κ1) is 22.9. The van der Waals surface area contributed by atoms with Crippen molar-refractivity contribution < 1.29 is 22.7 Å². The number of carbonyl (C=O) groups excluding carboxylic acids is 2. The van der Waals surface area contributed by atoms with Gasteiger partial charge in [-0.05, 0) is 30.2 Å². The molecular weight excluding hydrogens is 464 g/mol. The lowest BCUT2D eigenvalue weighted by molar-refractivity contribution is -0.123. The van der Waals surface area contributed by atoms with Crippen LogP contribution in [0.4, 0.5) is 5.13 Å². The van der Waals surface area contributed by atoms with Crippen LogP contribution in [0.2, 0.25) is 0 Å². The maximum absolute atomic E-state index is 13.4. The zero-order valence-corrected chi connectivity index (χ0v) is 19.6. The molecule has 1 unspecified atom stereocenters. The minimum atomic E-state index is -4.25. The molecule has 1 aliphatic rings. The smallest absolute Gasteiger partial charge is 0.270 e. The molecule has 0 spiro atoms. The fourth-order valence-corrected chi connectivity index (χ4v) is 5.93. The molecule has 0 saturated carbocycles. The van der Waals surface area contributed by atoms with Crippen molar-refractivity contribution >= 4 is 38.3 Å². The molecule has 2 amide bonds. The van der Waals surface area contributed by atoms with Crippen LogP contribution in [-0.2, 0) is 21.2 Å². The van der Waals surface area contributed by atoms with Gasteiger partial charge in [-0.1, -0.05) is 48.6 Å². The molecule has 3 aromatic rings. The number of rotatable bonds is 7. The van der Waals surface area contributed by atoms with Gasteiger partial charge in [0, 0.05) is 24.4 Å². The minimum Gasteiger partial charge on any atom is -0.495 e. The molecule has 1 saturated heterocycles. The van der Waals surface area contributed by atoms with Gasteiger partial charge in [0.15, 0.2) is 0 Å². The number of sulfonamides is 1. The number of nitrogens with one attached hydrogen (secondary N) is 1. The Kier molecular flexibility index (Phi) is 6.43. The van der Waals surface area contributed by atoms with E-state index in [4.69, 9.17) is 4.74 Å². The van der Waals surface area contributed by atoms with E-state index in [0.717, 1.165) is 14.9 Å². The summed E-state index contributed by atoms with van der Waals surface area (Å²) in [6.45, 7) is 1.95. The summed E-state index contributed by atoms with van der Waals surface area (Å²) >= 11 is 1.24. The van der Waals surface area contributed by atoms with E-state index in [0.29, 0.717) is 11.6 Å². The highest BCUT2D eigenvalue weighted by atomic mass is 32.2. The molecule has 1 atom stereocenters. The molecule has 11 heteroatoms. The lowest BCUT2D eigenvalue weighted by atomic mass is 9.99. The van der Waals surface area contributed by atoms with Crippen molar-refractivity contribution in [2.75, 3.05) is 19.0 Å². The van der Waals surface area contributed by atoms with E-state index in [1.165, 1.54) is 36.6 Å².